The molecule has 0 saturated carbocycles. The van der Waals surface area contributed by atoms with Crippen molar-refractivity contribution in [3.8, 4) is 0 Å². The van der Waals surface area contributed by atoms with Crippen LogP contribution in [0.25, 0.3) is 0 Å². The van der Waals surface area contributed by atoms with Crippen LogP contribution in [0.3, 0.4) is 0 Å². The van der Waals surface area contributed by atoms with Crippen molar-refractivity contribution in [2.24, 2.45) is 0 Å². The number of hydrogen-bond donors (Lipinski definition) is 1. The minimum atomic E-state index is -4.03. The average Bonchev–Trinajstić information content (AvgIpc) is 2.90. The second kappa shape index (κ2) is 13.4. The fourth-order valence-corrected chi connectivity index (χ4v) is 4.98. The van der Waals surface area contributed by atoms with Gasteiger partial charge in [-0.05, 0) is 43.5 Å². The number of amides is 2. The van der Waals surface area contributed by atoms with Gasteiger partial charge in [-0.1, -0.05) is 79.2 Å². The molecule has 0 heterocycles. The summed E-state index contributed by atoms with van der Waals surface area (Å²) in [5.41, 5.74) is 2.43. The maximum Gasteiger partial charge on any atom is 0.244 e. The number of anilines is 1. The minimum Gasteiger partial charge on any atom is -0.352 e. The molecule has 3 aromatic carbocycles. The number of aryl methyl sites for hydroxylation is 1. The Hall–Kier alpha value is -3.72. The number of halogens is 1. The van der Waals surface area contributed by atoms with Gasteiger partial charge in [0.1, 0.15) is 18.4 Å². The summed E-state index contributed by atoms with van der Waals surface area (Å²) in [6.45, 7) is 5.19. The maximum absolute atomic E-state index is 14.7. The highest BCUT2D eigenvalue weighted by Gasteiger charge is 2.34. The molecule has 0 bridgehead atoms. The molecule has 208 valence electrons. The first kappa shape index (κ1) is 29.8. The van der Waals surface area contributed by atoms with E-state index in [9.17, 15) is 22.4 Å². The predicted molar refractivity (Wildman–Crippen MR) is 152 cm³/mol. The van der Waals surface area contributed by atoms with Crippen molar-refractivity contribution in [1.29, 1.82) is 0 Å². The predicted octanol–water partition coefficient (Wildman–Crippen LogP) is 4.45. The Morgan fingerprint density at radius 1 is 0.923 bits per heavy atom. The Morgan fingerprint density at radius 3 is 2.13 bits per heavy atom. The van der Waals surface area contributed by atoms with Gasteiger partial charge in [-0.25, -0.2) is 12.8 Å². The monoisotopic (exact) mass is 553 g/mol. The number of hydrogen-bond acceptors (Lipinski definition) is 4. The SMILES string of the molecule is CC[C@@H](C)NC(=O)[C@@H](Cc1ccccc1)N(Cc1ccc(C)cc1)C(=O)CN(c1ccccc1F)S(C)(=O)=O. The number of benzene rings is 3. The molecule has 0 fully saturated rings. The van der Waals surface area contributed by atoms with Crippen LogP contribution in [-0.4, -0.2) is 50.0 Å². The Kier molecular flexibility index (Phi) is 10.2. The molecule has 0 aromatic heterocycles. The molecule has 0 aliphatic heterocycles. The van der Waals surface area contributed by atoms with Crippen molar-refractivity contribution < 1.29 is 22.4 Å². The summed E-state index contributed by atoms with van der Waals surface area (Å²) in [6, 6.07) is 21.2. The molecule has 39 heavy (non-hydrogen) atoms. The van der Waals surface area contributed by atoms with Gasteiger partial charge in [0.2, 0.25) is 21.8 Å². The van der Waals surface area contributed by atoms with Crippen molar-refractivity contribution in [2.45, 2.75) is 52.2 Å². The number of sulfonamides is 1. The highest BCUT2D eigenvalue weighted by atomic mass is 32.2. The second-order valence-electron chi connectivity index (χ2n) is 9.75. The van der Waals surface area contributed by atoms with E-state index in [1.807, 2.05) is 75.4 Å². The lowest BCUT2D eigenvalue weighted by atomic mass is 10.0. The Balaban J connectivity index is 2.06. The van der Waals surface area contributed by atoms with E-state index in [0.717, 1.165) is 33.3 Å². The van der Waals surface area contributed by atoms with Gasteiger partial charge in [0.25, 0.3) is 0 Å². The van der Waals surface area contributed by atoms with Crippen LogP contribution in [0.1, 0.15) is 37.0 Å². The average molecular weight is 554 g/mol. The smallest absolute Gasteiger partial charge is 0.244 e. The van der Waals surface area contributed by atoms with E-state index >= 15 is 0 Å². The molecule has 7 nitrogen and oxygen atoms in total. The van der Waals surface area contributed by atoms with Crippen LogP contribution < -0.4 is 9.62 Å². The van der Waals surface area contributed by atoms with Gasteiger partial charge in [-0.3, -0.25) is 13.9 Å². The normalized spacial score (nSPS) is 12.8. The summed E-state index contributed by atoms with van der Waals surface area (Å²) in [4.78, 5) is 29.0. The Bertz CT molecular complexity index is 1360. The number of para-hydroxylation sites is 1. The molecule has 0 aliphatic carbocycles. The van der Waals surface area contributed by atoms with Crippen LogP contribution in [-0.2, 0) is 32.6 Å². The van der Waals surface area contributed by atoms with Crippen LogP contribution >= 0.6 is 0 Å². The van der Waals surface area contributed by atoms with Gasteiger partial charge < -0.3 is 10.2 Å². The molecular formula is C30H36FN3O4S. The lowest BCUT2D eigenvalue weighted by molar-refractivity contribution is -0.140. The van der Waals surface area contributed by atoms with E-state index in [1.54, 1.807) is 0 Å². The highest BCUT2D eigenvalue weighted by Crippen LogP contribution is 2.23. The summed E-state index contributed by atoms with van der Waals surface area (Å²) < 4.78 is 40.9. The van der Waals surface area contributed by atoms with Gasteiger partial charge in [0, 0.05) is 19.0 Å². The zero-order valence-electron chi connectivity index (χ0n) is 22.8. The summed E-state index contributed by atoms with van der Waals surface area (Å²) in [7, 11) is -4.03. The molecule has 1 N–H and O–H groups in total. The van der Waals surface area contributed by atoms with E-state index in [-0.39, 0.29) is 30.6 Å². The fraction of sp³-hybridized carbons (Fsp3) is 0.333. The quantitative estimate of drug-likeness (QED) is 0.359. The van der Waals surface area contributed by atoms with E-state index in [0.29, 0.717) is 6.42 Å². The Morgan fingerprint density at radius 2 is 1.54 bits per heavy atom. The highest BCUT2D eigenvalue weighted by molar-refractivity contribution is 7.92. The van der Waals surface area contributed by atoms with Gasteiger partial charge in [0.05, 0.1) is 11.9 Å². The first-order valence-corrected chi connectivity index (χ1v) is 14.8. The number of carbonyl (C=O) groups is 2. The number of nitrogens with zero attached hydrogens (tertiary/aromatic N) is 2. The van der Waals surface area contributed by atoms with Crippen molar-refractivity contribution in [3.63, 3.8) is 0 Å². The van der Waals surface area contributed by atoms with Gasteiger partial charge in [0.15, 0.2) is 0 Å². The summed E-state index contributed by atoms with van der Waals surface area (Å²) >= 11 is 0. The Labute approximate surface area is 230 Å². The molecule has 9 heteroatoms. The molecule has 0 radical (unpaired) electrons. The summed E-state index contributed by atoms with van der Waals surface area (Å²) in [5.74, 6) is -1.73. The topological polar surface area (TPSA) is 86.8 Å². The van der Waals surface area contributed by atoms with Crippen molar-refractivity contribution in [3.05, 3.63) is 101 Å². The van der Waals surface area contributed by atoms with E-state index in [4.69, 9.17) is 0 Å². The second-order valence-corrected chi connectivity index (χ2v) is 11.7. The van der Waals surface area contributed by atoms with Gasteiger partial charge >= 0.3 is 0 Å². The molecule has 0 saturated heterocycles. The fourth-order valence-electron chi connectivity index (χ4n) is 4.13. The van der Waals surface area contributed by atoms with Crippen molar-refractivity contribution in [1.82, 2.24) is 10.2 Å². The van der Waals surface area contributed by atoms with Crippen molar-refractivity contribution >= 4 is 27.5 Å². The molecule has 3 rings (SSSR count). The standard InChI is InChI=1S/C30H36FN3O4S/c1-5-23(3)32-30(36)28(19-24-11-7-6-8-12-24)33(20-25-17-15-22(2)16-18-25)29(35)21-34(39(4,37)38)27-14-10-9-13-26(27)31/h6-18,23,28H,5,19-21H2,1-4H3,(H,32,36)/t23-,28-/m1/s1. The third kappa shape index (κ3) is 8.38. The van der Waals surface area contributed by atoms with Crippen LogP contribution in [0.4, 0.5) is 10.1 Å². The molecule has 0 unspecified atom stereocenters. The first-order chi connectivity index (χ1) is 18.5. The zero-order valence-corrected chi connectivity index (χ0v) is 23.6. The molecule has 2 amide bonds. The van der Waals surface area contributed by atoms with E-state index < -0.39 is 34.3 Å². The third-order valence-corrected chi connectivity index (χ3v) is 7.67. The number of nitrogens with one attached hydrogen (secondary N) is 1. The molecular weight excluding hydrogens is 517 g/mol. The summed E-state index contributed by atoms with van der Waals surface area (Å²) in [5, 5.41) is 2.98. The molecule has 0 spiro atoms. The largest absolute Gasteiger partial charge is 0.352 e. The van der Waals surface area contributed by atoms with Crippen LogP contribution in [0.5, 0.6) is 0 Å². The van der Waals surface area contributed by atoms with Gasteiger partial charge in [-0.15, -0.1) is 0 Å². The third-order valence-electron chi connectivity index (χ3n) is 6.55. The van der Waals surface area contributed by atoms with E-state index in [2.05, 4.69) is 5.32 Å². The first-order valence-electron chi connectivity index (χ1n) is 12.9. The lowest BCUT2D eigenvalue weighted by Crippen LogP contribution is -2.54. The maximum atomic E-state index is 14.7. The molecule has 2 atom stereocenters. The molecule has 0 aliphatic rings. The van der Waals surface area contributed by atoms with Crippen LogP contribution in [0, 0.1) is 12.7 Å². The lowest BCUT2D eigenvalue weighted by Gasteiger charge is -2.34. The van der Waals surface area contributed by atoms with Crippen LogP contribution in [0.2, 0.25) is 0 Å². The van der Waals surface area contributed by atoms with E-state index in [1.165, 1.54) is 23.1 Å². The zero-order chi connectivity index (χ0) is 28.6. The van der Waals surface area contributed by atoms with Gasteiger partial charge in [-0.2, -0.15) is 0 Å². The summed E-state index contributed by atoms with van der Waals surface area (Å²) in [6.07, 6.45) is 1.85. The molecule has 3 aromatic rings. The number of rotatable bonds is 12. The van der Waals surface area contributed by atoms with Crippen LogP contribution in [0.15, 0.2) is 78.9 Å². The number of carbonyl (C=O) groups excluding carboxylic acids is 2. The van der Waals surface area contributed by atoms with Crippen molar-refractivity contribution in [2.75, 3.05) is 17.1 Å². The minimum absolute atomic E-state index is 0.0689.